The van der Waals surface area contributed by atoms with E-state index in [0.29, 0.717) is 0 Å². The van der Waals surface area contributed by atoms with E-state index in [4.69, 9.17) is 0 Å². The Labute approximate surface area is 114 Å². The number of sulfone groups is 1. The maximum Gasteiger partial charge on any atom is 0.223 e. The average Bonchev–Trinajstić information content (AvgIpc) is 2.24. The molecule has 0 aliphatic carbocycles. The lowest BCUT2D eigenvalue weighted by Crippen LogP contribution is -2.52. The average molecular weight is 293 g/mol. The van der Waals surface area contributed by atoms with Crippen LogP contribution in [0.5, 0.6) is 0 Å². The van der Waals surface area contributed by atoms with Gasteiger partial charge in [-0.3, -0.25) is 4.79 Å². The molecule has 0 bridgehead atoms. The monoisotopic (exact) mass is 293 g/mol. The number of rotatable bonds is 3. The van der Waals surface area contributed by atoms with Gasteiger partial charge < -0.3 is 4.90 Å². The molecule has 1 rings (SSSR count). The normalized spacial score (nSPS) is 22.0. The third-order valence-corrected chi connectivity index (χ3v) is 5.10. The molecule has 0 N–H and O–H groups in total. The first-order chi connectivity index (χ1) is 8.11. The maximum atomic E-state index is 12.2. The zero-order valence-electron chi connectivity index (χ0n) is 11.6. The highest BCUT2D eigenvalue weighted by Gasteiger charge is 2.35. The molecule has 6 heteroatoms. The van der Waals surface area contributed by atoms with Crippen molar-refractivity contribution in [1.82, 2.24) is 4.90 Å². The van der Waals surface area contributed by atoms with Crippen LogP contribution in [0.1, 0.15) is 27.2 Å². The van der Waals surface area contributed by atoms with Crippen molar-refractivity contribution in [1.29, 1.82) is 0 Å². The maximum absolute atomic E-state index is 12.2. The summed E-state index contributed by atoms with van der Waals surface area (Å²) < 4.78 is 22.2. The summed E-state index contributed by atoms with van der Waals surface area (Å²) in [6, 6.07) is 0.198. The summed E-state index contributed by atoms with van der Waals surface area (Å²) in [5, 5.41) is 0. The van der Waals surface area contributed by atoms with E-state index in [2.05, 4.69) is 20.8 Å². The molecule has 0 radical (unpaired) electrons. The van der Waals surface area contributed by atoms with Crippen molar-refractivity contribution in [2.45, 2.75) is 33.2 Å². The molecular weight excluding hydrogens is 270 g/mol. The topological polar surface area (TPSA) is 54.5 Å². The summed E-state index contributed by atoms with van der Waals surface area (Å²) in [4.78, 5) is 14.0. The van der Waals surface area contributed by atoms with Crippen LogP contribution >= 0.6 is 11.8 Å². The van der Waals surface area contributed by atoms with Crippen LogP contribution in [0.4, 0.5) is 0 Å². The molecule has 4 nitrogen and oxygen atoms in total. The lowest BCUT2D eigenvalue weighted by Gasteiger charge is -2.43. The number of nitrogens with zero attached hydrogens (tertiary/aromatic N) is 1. The third-order valence-electron chi connectivity index (χ3n) is 3.14. The van der Waals surface area contributed by atoms with E-state index in [0.717, 1.165) is 18.1 Å². The van der Waals surface area contributed by atoms with Gasteiger partial charge in [0.1, 0.15) is 9.84 Å². The lowest BCUT2D eigenvalue weighted by molar-refractivity contribution is -0.134. The quantitative estimate of drug-likeness (QED) is 0.789. The van der Waals surface area contributed by atoms with E-state index in [-0.39, 0.29) is 29.5 Å². The molecule has 0 spiro atoms. The van der Waals surface area contributed by atoms with Gasteiger partial charge in [-0.1, -0.05) is 20.8 Å². The number of carbonyl (C=O) groups excluding carboxylic acids is 1. The fourth-order valence-corrected chi connectivity index (χ4v) is 3.98. The predicted octanol–water partition coefficient (Wildman–Crippen LogP) is 1.41. The molecule has 106 valence electrons. The Kier molecular flexibility index (Phi) is 5.12. The highest BCUT2D eigenvalue weighted by Crippen LogP contribution is 2.31. The molecule has 1 unspecified atom stereocenters. The summed E-state index contributed by atoms with van der Waals surface area (Å²) in [5.41, 5.74) is 0.0359. The highest BCUT2D eigenvalue weighted by atomic mass is 32.2. The van der Waals surface area contributed by atoms with E-state index in [1.165, 1.54) is 6.26 Å². The van der Waals surface area contributed by atoms with Gasteiger partial charge in [0.25, 0.3) is 0 Å². The Hall–Kier alpha value is -0.230. The molecule has 1 fully saturated rings. The van der Waals surface area contributed by atoms with Crippen LogP contribution in [0.25, 0.3) is 0 Å². The van der Waals surface area contributed by atoms with Crippen molar-refractivity contribution in [2.24, 2.45) is 5.41 Å². The van der Waals surface area contributed by atoms with Crippen molar-refractivity contribution in [3.05, 3.63) is 0 Å². The Balaban J connectivity index is 2.69. The summed E-state index contributed by atoms with van der Waals surface area (Å²) in [6.45, 7) is 7.11. The standard InChI is InChI=1S/C12H23NO3S2/c1-12(2,3)10-9-17-7-6-13(10)11(14)5-8-18(4,15)16/h10H,5-9H2,1-4H3. The van der Waals surface area contributed by atoms with Gasteiger partial charge >= 0.3 is 0 Å². The minimum absolute atomic E-state index is 0.0272. The molecule has 1 heterocycles. The Morgan fingerprint density at radius 3 is 2.50 bits per heavy atom. The molecule has 0 aromatic rings. The zero-order chi connectivity index (χ0) is 14.0. The van der Waals surface area contributed by atoms with Crippen LogP contribution in [0.2, 0.25) is 0 Å². The molecule has 0 aromatic carbocycles. The number of amides is 1. The van der Waals surface area contributed by atoms with Gasteiger partial charge in [0.2, 0.25) is 5.91 Å². The van der Waals surface area contributed by atoms with E-state index in [9.17, 15) is 13.2 Å². The molecule has 18 heavy (non-hydrogen) atoms. The van der Waals surface area contributed by atoms with Crippen molar-refractivity contribution in [3.8, 4) is 0 Å². The predicted molar refractivity (Wildman–Crippen MR) is 76.6 cm³/mol. The SMILES string of the molecule is CC(C)(C)C1CSCCN1C(=O)CCS(C)(=O)=O. The van der Waals surface area contributed by atoms with E-state index in [1.54, 1.807) is 0 Å². The van der Waals surface area contributed by atoms with Gasteiger partial charge in [-0.05, 0) is 5.41 Å². The molecule has 1 aliphatic heterocycles. The molecule has 1 aliphatic rings. The summed E-state index contributed by atoms with van der Waals surface area (Å²) in [7, 11) is -3.06. The summed E-state index contributed by atoms with van der Waals surface area (Å²) in [5.74, 6) is 1.80. The van der Waals surface area contributed by atoms with E-state index >= 15 is 0 Å². The van der Waals surface area contributed by atoms with Crippen LogP contribution in [-0.4, -0.2) is 55.3 Å². The van der Waals surface area contributed by atoms with Crippen LogP contribution in [0.15, 0.2) is 0 Å². The van der Waals surface area contributed by atoms with E-state index < -0.39 is 9.84 Å². The molecule has 1 saturated heterocycles. The van der Waals surface area contributed by atoms with Crippen LogP contribution in [0.3, 0.4) is 0 Å². The molecule has 0 aromatic heterocycles. The van der Waals surface area contributed by atoms with Gasteiger partial charge in [-0.2, -0.15) is 11.8 Å². The number of carbonyl (C=O) groups is 1. The van der Waals surface area contributed by atoms with E-state index in [1.807, 2.05) is 16.7 Å². The number of hydrogen-bond acceptors (Lipinski definition) is 4. The number of hydrogen-bond donors (Lipinski definition) is 0. The first-order valence-electron chi connectivity index (χ1n) is 6.16. The summed E-state index contributed by atoms with van der Waals surface area (Å²) >= 11 is 1.86. The van der Waals surface area contributed by atoms with Gasteiger partial charge in [0, 0.05) is 36.8 Å². The van der Waals surface area contributed by atoms with Crippen molar-refractivity contribution < 1.29 is 13.2 Å². The van der Waals surface area contributed by atoms with Crippen LogP contribution < -0.4 is 0 Å². The Bertz CT molecular complexity index is 398. The lowest BCUT2D eigenvalue weighted by atomic mass is 9.86. The minimum atomic E-state index is -3.06. The molecule has 0 saturated carbocycles. The first kappa shape index (κ1) is 15.8. The molecule has 1 atom stereocenters. The Morgan fingerprint density at radius 2 is 2.00 bits per heavy atom. The fourth-order valence-electron chi connectivity index (χ4n) is 2.04. The first-order valence-corrected chi connectivity index (χ1v) is 9.38. The third kappa shape index (κ3) is 4.80. The van der Waals surface area contributed by atoms with Crippen LogP contribution in [0, 0.1) is 5.41 Å². The second-order valence-corrected chi connectivity index (χ2v) is 9.33. The van der Waals surface area contributed by atoms with Gasteiger partial charge in [0.05, 0.1) is 5.75 Å². The zero-order valence-corrected chi connectivity index (χ0v) is 13.2. The molecular formula is C12H23NO3S2. The highest BCUT2D eigenvalue weighted by molar-refractivity contribution is 7.99. The second-order valence-electron chi connectivity index (χ2n) is 5.92. The number of thioether (sulfide) groups is 1. The smallest absolute Gasteiger partial charge is 0.223 e. The fraction of sp³-hybridized carbons (Fsp3) is 0.917. The minimum Gasteiger partial charge on any atom is -0.338 e. The van der Waals surface area contributed by atoms with Crippen molar-refractivity contribution in [2.75, 3.05) is 30.1 Å². The van der Waals surface area contributed by atoms with Crippen molar-refractivity contribution >= 4 is 27.5 Å². The molecule has 1 amide bonds. The summed E-state index contributed by atoms with van der Waals surface area (Å²) in [6.07, 6.45) is 1.28. The van der Waals surface area contributed by atoms with Crippen LogP contribution in [-0.2, 0) is 14.6 Å². The largest absolute Gasteiger partial charge is 0.338 e. The second kappa shape index (κ2) is 5.82. The van der Waals surface area contributed by atoms with Crippen molar-refractivity contribution in [3.63, 3.8) is 0 Å². The Morgan fingerprint density at radius 1 is 1.39 bits per heavy atom. The van der Waals surface area contributed by atoms with Gasteiger partial charge in [-0.25, -0.2) is 8.42 Å². The van der Waals surface area contributed by atoms with Gasteiger partial charge in [0.15, 0.2) is 0 Å². The van der Waals surface area contributed by atoms with Gasteiger partial charge in [-0.15, -0.1) is 0 Å².